The van der Waals surface area contributed by atoms with Gasteiger partial charge in [0.2, 0.25) is 5.82 Å². The first-order chi connectivity index (χ1) is 11.1. The van der Waals surface area contributed by atoms with E-state index in [0.717, 1.165) is 0 Å². The fourth-order valence-electron chi connectivity index (χ4n) is 2.72. The molecule has 1 atom stereocenters. The van der Waals surface area contributed by atoms with E-state index in [1.54, 1.807) is 0 Å². The van der Waals surface area contributed by atoms with E-state index in [2.05, 4.69) is 5.32 Å². The van der Waals surface area contributed by atoms with Gasteiger partial charge in [0.1, 0.15) is 0 Å². The maximum Gasteiger partial charge on any atom is 0.389 e. The third kappa shape index (κ3) is 4.95. The van der Waals surface area contributed by atoms with E-state index < -0.39 is 59.7 Å². The number of hydrogen-bond acceptors (Lipinski definition) is 2. The lowest BCUT2D eigenvalue weighted by atomic mass is 9.97. The van der Waals surface area contributed by atoms with Gasteiger partial charge < -0.3 is 5.32 Å². The van der Waals surface area contributed by atoms with E-state index >= 15 is 0 Å². The zero-order valence-electron chi connectivity index (χ0n) is 12.7. The summed E-state index contributed by atoms with van der Waals surface area (Å²) in [6.07, 6.45) is -6.82. The Balaban J connectivity index is 0.00000312. The molecule has 2 nitrogen and oxygen atoms in total. The van der Waals surface area contributed by atoms with Crippen LogP contribution in [0.4, 0.5) is 35.1 Å². The Morgan fingerprint density at radius 2 is 1.28 bits per heavy atom. The van der Waals surface area contributed by atoms with Crippen LogP contribution in [-0.4, -0.2) is 37.3 Å². The van der Waals surface area contributed by atoms with Gasteiger partial charge in [0, 0.05) is 44.2 Å². The van der Waals surface area contributed by atoms with Crippen molar-refractivity contribution in [2.45, 2.75) is 25.1 Å². The summed E-state index contributed by atoms with van der Waals surface area (Å²) >= 11 is 0. The van der Waals surface area contributed by atoms with Crippen LogP contribution in [0, 0.1) is 29.1 Å². The van der Waals surface area contributed by atoms with Crippen LogP contribution in [-0.2, 0) is 0 Å². The third-order valence-electron chi connectivity index (χ3n) is 3.87. The van der Waals surface area contributed by atoms with Crippen molar-refractivity contribution in [3.05, 3.63) is 34.6 Å². The van der Waals surface area contributed by atoms with Gasteiger partial charge in [-0.1, -0.05) is 0 Å². The molecule has 0 amide bonds. The van der Waals surface area contributed by atoms with Crippen LogP contribution in [0.1, 0.15) is 24.4 Å². The van der Waals surface area contributed by atoms with Gasteiger partial charge in [-0.2, -0.15) is 13.2 Å². The van der Waals surface area contributed by atoms with Gasteiger partial charge in [0.15, 0.2) is 23.3 Å². The molecule has 0 radical (unpaired) electrons. The number of hydrogen-bond donors (Lipinski definition) is 1. The van der Waals surface area contributed by atoms with Crippen LogP contribution >= 0.6 is 12.4 Å². The third-order valence-corrected chi connectivity index (χ3v) is 3.87. The number of alkyl halides is 3. The van der Waals surface area contributed by atoms with Crippen molar-refractivity contribution >= 4 is 12.4 Å². The molecule has 1 heterocycles. The van der Waals surface area contributed by atoms with E-state index in [9.17, 15) is 35.1 Å². The van der Waals surface area contributed by atoms with E-state index in [0.29, 0.717) is 13.1 Å². The summed E-state index contributed by atoms with van der Waals surface area (Å²) in [6, 6.07) is -1.56. The maximum atomic E-state index is 14.0. The summed E-state index contributed by atoms with van der Waals surface area (Å²) in [5.74, 6) is -10.8. The van der Waals surface area contributed by atoms with Crippen LogP contribution < -0.4 is 5.32 Å². The Labute approximate surface area is 144 Å². The topological polar surface area (TPSA) is 15.3 Å². The molecule has 0 unspecified atom stereocenters. The Kier molecular flexibility index (Phi) is 7.45. The number of rotatable bonds is 4. The Hall–Kier alpha value is -1.13. The van der Waals surface area contributed by atoms with E-state index in [4.69, 9.17) is 0 Å². The zero-order chi connectivity index (χ0) is 18.1. The first kappa shape index (κ1) is 21.9. The molecule has 11 heteroatoms. The van der Waals surface area contributed by atoms with Crippen molar-refractivity contribution in [1.29, 1.82) is 0 Å². The summed E-state index contributed by atoms with van der Waals surface area (Å²) in [5.41, 5.74) is -1.21. The van der Waals surface area contributed by atoms with Crippen molar-refractivity contribution < 1.29 is 35.1 Å². The SMILES string of the molecule is Cl.Fc1c(F)c(F)c([C@H](CCC(F)(F)F)N2CCNCC2)c(F)c1F. The van der Waals surface area contributed by atoms with Crippen molar-refractivity contribution in [2.75, 3.05) is 26.2 Å². The minimum Gasteiger partial charge on any atom is -0.314 e. The van der Waals surface area contributed by atoms with E-state index in [1.807, 2.05) is 0 Å². The van der Waals surface area contributed by atoms with E-state index in [-0.39, 0.29) is 25.5 Å². The van der Waals surface area contributed by atoms with E-state index in [1.165, 1.54) is 4.90 Å². The van der Waals surface area contributed by atoms with Crippen molar-refractivity contribution in [3.8, 4) is 0 Å². The summed E-state index contributed by atoms with van der Waals surface area (Å²) in [6.45, 7) is 0.917. The predicted molar refractivity (Wildman–Crippen MR) is 76.0 cm³/mol. The van der Waals surface area contributed by atoms with Gasteiger partial charge in [-0.15, -0.1) is 12.4 Å². The van der Waals surface area contributed by atoms with Crippen LogP contribution in [0.5, 0.6) is 0 Å². The number of nitrogens with one attached hydrogen (secondary N) is 1. The maximum absolute atomic E-state index is 14.0. The fraction of sp³-hybridized carbons (Fsp3) is 0.571. The largest absolute Gasteiger partial charge is 0.389 e. The molecule has 0 saturated carbocycles. The molecular weight excluding hydrogens is 384 g/mol. The van der Waals surface area contributed by atoms with Gasteiger partial charge in [-0.25, -0.2) is 22.0 Å². The average molecular weight is 399 g/mol. The quantitative estimate of drug-likeness (QED) is 0.467. The number of nitrogens with zero attached hydrogens (tertiary/aromatic N) is 1. The lowest BCUT2D eigenvalue weighted by molar-refractivity contribution is -0.138. The first-order valence-electron chi connectivity index (χ1n) is 7.16. The molecule has 144 valence electrons. The smallest absolute Gasteiger partial charge is 0.314 e. The molecule has 1 N–H and O–H groups in total. The standard InChI is InChI=1S/C14H14F8N2.ClH/c15-9-8(10(16)12(18)13(19)11(9)17)7(1-2-14(20,21)22)24-5-3-23-4-6-24;/h7,23H,1-6H2;1H/t7-;/m0./s1. The predicted octanol–water partition coefficient (Wildman–Crippen LogP) is 4.09. The molecule has 1 aromatic rings. The van der Waals surface area contributed by atoms with Gasteiger partial charge >= 0.3 is 6.18 Å². The van der Waals surface area contributed by atoms with Crippen LogP contribution in [0.3, 0.4) is 0 Å². The summed E-state index contributed by atoms with van der Waals surface area (Å²) in [5, 5.41) is 2.89. The lowest BCUT2D eigenvalue weighted by Crippen LogP contribution is -2.45. The highest BCUT2D eigenvalue weighted by Crippen LogP contribution is 2.36. The fourth-order valence-corrected chi connectivity index (χ4v) is 2.72. The lowest BCUT2D eigenvalue weighted by Gasteiger charge is -2.35. The second-order valence-electron chi connectivity index (χ2n) is 5.44. The number of halogens is 9. The highest BCUT2D eigenvalue weighted by Gasteiger charge is 2.36. The molecule has 0 spiro atoms. The molecule has 1 saturated heterocycles. The molecule has 0 aromatic heterocycles. The first-order valence-corrected chi connectivity index (χ1v) is 7.16. The molecule has 25 heavy (non-hydrogen) atoms. The van der Waals surface area contributed by atoms with Gasteiger partial charge in [0.05, 0.1) is 0 Å². The molecule has 1 aromatic carbocycles. The molecule has 1 aliphatic heterocycles. The van der Waals surface area contributed by atoms with Crippen molar-refractivity contribution in [3.63, 3.8) is 0 Å². The Morgan fingerprint density at radius 1 is 0.840 bits per heavy atom. The van der Waals surface area contributed by atoms with Crippen molar-refractivity contribution in [1.82, 2.24) is 10.2 Å². The molecule has 0 bridgehead atoms. The van der Waals surface area contributed by atoms with Crippen LogP contribution in [0.2, 0.25) is 0 Å². The normalized spacial score (nSPS) is 17.3. The van der Waals surface area contributed by atoms with Crippen molar-refractivity contribution in [2.24, 2.45) is 0 Å². The summed E-state index contributed by atoms with van der Waals surface area (Å²) < 4.78 is 105. The summed E-state index contributed by atoms with van der Waals surface area (Å²) in [7, 11) is 0. The van der Waals surface area contributed by atoms with Gasteiger partial charge in [-0.05, 0) is 6.42 Å². The minimum atomic E-state index is -4.61. The minimum absolute atomic E-state index is 0. The van der Waals surface area contributed by atoms with Gasteiger partial charge in [0.25, 0.3) is 0 Å². The van der Waals surface area contributed by atoms with Crippen LogP contribution in [0.15, 0.2) is 0 Å². The summed E-state index contributed by atoms with van der Waals surface area (Å²) in [4.78, 5) is 1.29. The van der Waals surface area contributed by atoms with Gasteiger partial charge in [-0.3, -0.25) is 4.90 Å². The average Bonchev–Trinajstić information content (AvgIpc) is 2.54. The Morgan fingerprint density at radius 3 is 1.72 bits per heavy atom. The second-order valence-corrected chi connectivity index (χ2v) is 5.44. The molecule has 1 fully saturated rings. The monoisotopic (exact) mass is 398 g/mol. The number of benzene rings is 1. The highest BCUT2D eigenvalue weighted by atomic mass is 35.5. The highest BCUT2D eigenvalue weighted by molar-refractivity contribution is 5.85. The molecule has 1 aliphatic rings. The second kappa shape index (κ2) is 8.50. The Bertz CT molecular complexity index is 572. The molecule has 0 aliphatic carbocycles. The molecular formula is C14H15ClF8N2. The zero-order valence-corrected chi connectivity index (χ0v) is 13.5. The van der Waals surface area contributed by atoms with Crippen LogP contribution in [0.25, 0.3) is 0 Å². The molecule has 2 rings (SSSR count). The number of piperazine rings is 1.